The summed E-state index contributed by atoms with van der Waals surface area (Å²) in [5, 5.41) is 0. The minimum Gasteiger partial charge on any atom is -0.768 e. The maximum atomic E-state index is 10.2. The van der Waals surface area contributed by atoms with Crippen molar-refractivity contribution >= 4 is 22.2 Å². The molecule has 2 rings (SSSR count). The van der Waals surface area contributed by atoms with E-state index in [4.69, 9.17) is 0 Å². The predicted molar refractivity (Wildman–Crippen MR) is 70.0 cm³/mol. The molecule has 2 unspecified atom stereocenters. The van der Waals surface area contributed by atoms with E-state index < -0.39 is 22.2 Å². The largest absolute Gasteiger partial charge is 1.00 e. The molecule has 0 fully saturated rings. The molecule has 0 bridgehead atoms. The molecule has 0 aromatic heterocycles. The molecule has 2 aromatic rings. The minimum atomic E-state index is -2.08. The zero-order valence-corrected chi connectivity index (χ0v) is 15.2. The molecule has 2 atom stereocenters. The Kier molecular flexibility index (Phi) is 14.1. The summed E-state index contributed by atoms with van der Waals surface area (Å²) in [7, 11) is 0. The predicted octanol–water partition coefficient (Wildman–Crippen LogP) is -1.68. The van der Waals surface area contributed by atoms with Crippen LogP contribution < -0.4 is 29.6 Å². The summed E-state index contributed by atoms with van der Waals surface area (Å²) < 4.78 is 40.8. The van der Waals surface area contributed by atoms with Gasteiger partial charge in [0.05, 0.1) is 12.4 Å². The Balaban J connectivity index is 0. The first-order chi connectivity index (χ1) is 8.61. The number of halogens is 1. The molecule has 0 saturated carbocycles. The van der Waals surface area contributed by atoms with Crippen molar-refractivity contribution in [3.8, 4) is 0 Å². The van der Waals surface area contributed by atoms with Crippen LogP contribution in [0.25, 0.3) is 0 Å². The maximum Gasteiger partial charge on any atom is 1.00 e. The Labute approximate surface area is 151 Å². The maximum absolute atomic E-state index is 10.2. The third kappa shape index (κ3) is 8.99. The fraction of sp³-hybridized carbons (Fsp3) is 0. The van der Waals surface area contributed by atoms with Crippen molar-refractivity contribution < 1.29 is 59.5 Å². The van der Waals surface area contributed by atoms with E-state index in [2.05, 4.69) is 0 Å². The van der Waals surface area contributed by atoms with Gasteiger partial charge in [0, 0.05) is 9.79 Å². The molecule has 0 aliphatic rings. The van der Waals surface area contributed by atoms with Crippen LogP contribution in [0.2, 0.25) is 0 Å². The quantitative estimate of drug-likeness (QED) is 0.482. The van der Waals surface area contributed by atoms with E-state index in [1.807, 2.05) is 0 Å². The van der Waals surface area contributed by atoms with E-state index in [0.717, 1.165) is 0 Å². The van der Waals surface area contributed by atoms with Gasteiger partial charge in [0.25, 0.3) is 0 Å². The third-order valence-corrected chi connectivity index (χ3v) is 3.19. The van der Waals surface area contributed by atoms with Gasteiger partial charge in [-0.25, -0.2) is 0 Å². The minimum absolute atomic E-state index is 0. The number of hydrogen-bond donors (Lipinski definition) is 0. The van der Waals surface area contributed by atoms with Crippen LogP contribution in [0.3, 0.4) is 0 Å². The van der Waals surface area contributed by atoms with E-state index in [-0.39, 0.29) is 42.0 Å². The summed E-state index contributed by atoms with van der Waals surface area (Å²) in [6, 6.07) is 16.5. The van der Waals surface area contributed by atoms with Gasteiger partial charge >= 0.3 is 29.6 Å². The second-order valence-electron chi connectivity index (χ2n) is 3.10. The molecule has 2 aromatic carbocycles. The molecule has 0 radical (unpaired) electrons. The average Bonchev–Trinajstić information content (AvgIpc) is 2.41. The molecular formula is C12H12ClNaO4S2. The molecule has 0 saturated heterocycles. The Morgan fingerprint density at radius 1 is 0.650 bits per heavy atom. The molecule has 104 valence electrons. The summed E-state index contributed by atoms with van der Waals surface area (Å²) >= 11 is -4.16. The fourth-order valence-corrected chi connectivity index (χ4v) is 1.82. The molecule has 0 amide bonds. The van der Waals surface area contributed by atoms with Crippen molar-refractivity contribution in [1.82, 2.24) is 0 Å². The monoisotopic (exact) mass is 342 g/mol. The third-order valence-electron chi connectivity index (χ3n) is 1.87. The van der Waals surface area contributed by atoms with Crippen molar-refractivity contribution in [2.24, 2.45) is 0 Å². The molecule has 0 N–H and O–H groups in total. The Morgan fingerprint density at radius 3 is 1.05 bits per heavy atom. The second-order valence-corrected chi connectivity index (χ2v) is 4.98. The first kappa shape index (κ1) is 22.2. The van der Waals surface area contributed by atoms with Gasteiger partial charge in [-0.05, 0) is 46.4 Å². The molecule has 4 nitrogen and oxygen atoms in total. The van der Waals surface area contributed by atoms with Gasteiger partial charge in [-0.3, -0.25) is 8.42 Å². The van der Waals surface area contributed by atoms with E-state index in [0.29, 0.717) is 9.79 Å². The van der Waals surface area contributed by atoms with Crippen LogP contribution in [0.1, 0.15) is 0 Å². The van der Waals surface area contributed by atoms with Gasteiger partial charge in [0.2, 0.25) is 0 Å². The van der Waals surface area contributed by atoms with E-state index >= 15 is 0 Å². The van der Waals surface area contributed by atoms with Gasteiger partial charge in [0.1, 0.15) is 0 Å². The van der Waals surface area contributed by atoms with Crippen LogP contribution in [0, 0.1) is 12.4 Å². The van der Waals surface area contributed by atoms with Crippen LogP contribution in [0.15, 0.2) is 70.5 Å². The van der Waals surface area contributed by atoms with Crippen LogP contribution in [-0.2, 0) is 22.2 Å². The van der Waals surface area contributed by atoms with Gasteiger partial charge in [-0.15, -0.1) is 0 Å². The summed E-state index contributed by atoms with van der Waals surface area (Å²) in [6.07, 6.45) is 0. The smallest absolute Gasteiger partial charge is 0.768 e. The van der Waals surface area contributed by atoms with Crippen molar-refractivity contribution in [2.45, 2.75) is 9.79 Å². The molecule has 0 spiro atoms. The zero-order chi connectivity index (χ0) is 13.4. The van der Waals surface area contributed by atoms with E-state index in [1.54, 1.807) is 60.7 Å². The summed E-state index contributed by atoms with van der Waals surface area (Å²) in [5.74, 6) is 0. The topological polar surface area (TPSA) is 80.3 Å². The first-order valence-corrected chi connectivity index (χ1v) is 7.05. The van der Waals surface area contributed by atoms with Gasteiger partial charge in [-0.1, -0.05) is 36.4 Å². The molecular weight excluding hydrogens is 331 g/mol. The van der Waals surface area contributed by atoms with Crippen molar-refractivity contribution in [3.05, 3.63) is 60.7 Å². The molecule has 8 heteroatoms. The molecule has 0 aliphatic carbocycles. The summed E-state index contributed by atoms with van der Waals surface area (Å²) in [5.41, 5.74) is 0. The summed E-state index contributed by atoms with van der Waals surface area (Å²) in [4.78, 5) is 0.662. The Hall–Kier alpha value is -0.0500. The van der Waals surface area contributed by atoms with Crippen LogP contribution in [0.4, 0.5) is 0 Å². The number of hydrogen-bond acceptors (Lipinski definition) is 4. The van der Waals surface area contributed by atoms with Gasteiger partial charge in [-0.2, -0.15) is 0 Å². The second kappa shape index (κ2) is 12.7. The van der Waals surface area contributed by atoms with E-state index in [1.165, 1.54) is 0 Å². The normalized spacial score (nSPS) is 11.7. The van der Waals surface area contributed by atoms with Crippen molar-refractivity contribution in [1.29, 1.82) is 0 Å². The van der Waals surface area contributed by atoms with Crippen LogP contribution >= 0.6 is 0 Å². The standard InChI is InChI=1S/2C6H6O2S.ClH2.Na/c2*7-9(8)6-4-2-1-3-5-6;;/h2*1-5H,(H,7,8);1H2;/q;;2*+1/p-2. The fourth-order valence-electron chi connectivity index (χ4n) is 1.06. The molecule has 20 heavy (non-hydrogen) atoms. The van der Waals surface area contributed by atoms with Crippen LogP contribution in [0.5, 0.6) is 0 Å². The van der Waals surface area contributed by atoms with Crippen LogP contribution in [-0.4, -0.2) is 17.5 Å². The van der Waals surface area contributed by atoms with Crippen molar-refractivity contribution in [2.75, 3.05) is 0 Å². The Bertz CT molecular complexity index is 476. The molecule has 0 aliphatic heterocycles. The van der Waals surface area contributed by atoms with Crippen molar-refractivity contribution in [3.63, 3.8) is 0 Å². The first-order valence-electron chi connectivity index (χ1n) is 4.90. The molecule has 0 heterocycles. The Morgan fingerprint density at radius 2 is 0.900 bits per heavy atom. The van der Waals surface area contributed by atoms with Gasteiger partial charge < -0.3 is 9.11 Å². The van der Waals surface area contributed by atoms with Gasteiger partial charge in [0.15, 0.2) is 0 Å². The zero-order valence-electron chi connectivity index (χ0n) is 10.7. The summed E-state index contributed by atoms with van der Waals surface area (Å²) in [6.45, 7) is 0. The average molecular weight is 343 g/mol. The van der Waals surface area contributed by atoms with E-state index in [9.17, 15) is 17.5 Å². The SMILES string of the molecule is O=S([O-])c1ccccc1.O=S([O-])c1ccccc1.[ClH2+].[Na+]. The number of benzene rings is 2. The number of rotatable bonds is 2.